The molecule has 0 radical (unpaired) electrons. The van der Waals surface area contributed by atoms with E-state index in [0.717, 1.165) is 12.4 Å². The van der Waals surface area contributed by atoms with E-state index in [1.807, 2.05) is 0 Å². The van der Waals surface area contributed by atoms with Gasteiger partial charge in [-0.25, -0.2) is 0 Å². The first-order chi connectivity index (χ1) is 8.33. The van der Waals surface area contributed by atoms with Crippen LogP contribution in [0.3, 0.4) is 0 Å². The minimum Gasteiger partial charge on any atom is -0.492 e. The third-order valence-corrected chi connectivity index (χ3v) is 4.80. The van der Waals surface area contributed by atoms with Crippen LogP contribution in [-0.4, -0.2) is 6.61 Å². The Hall–Kier alpha value is -0.690. The summed E-state index contributed by atoms with van der Waals surface area (Å²) in [6.07, 6.45) is 0. The number of hydrogen-bond acceptors (Lipinski definition) is 1. The number of benzene rings is 1. The van der Waals surface area contributed by atoms with Crippen molar-refractivity contribution in [3.63, 3.8) is 0 Å². The Bertz CT molecular complexity index is 437. The van der Waals surface area contributed by atoms with Gasteiger partial charge in [0.25, 0.3) is 0 Å². The van der Waals surface area contributed by atoms with E-state index in [0.29, 0.717) is 11.8 Å². The Morgan fingerprint density at radius 1 is 1.22 bits per heavy atom. The second-order valence-corrected chi connectivity index (χ2v) is 6.90. The molecule has 100 valence electrons. The summed E-state index contributed by atoms with van der Waals surface area (Å²) in [7, 11) is 0. The number of alkyl halides is 1. The molecule has 0 saturated carbocycles. The zero-order valence-electron chi connectivity index (χ0n) is 12.0. The van der Waals surface area contributed by atoms with E-state index in [-0.39, 0.29) is 10.8 Å². The number of hydrogen-bond donors (Lipinski definition) is 0. The van der Waals surface area contributed by atoms with Crippen molar-refractivity contribution in [2.45, 2.75) is 45.4 Å². The Balaban J connectivity index is 2.32. The van der Waals surface area contributed by atoms with Crippen LogP contribution in [0.25, 0.3) is 0 Å². The molecule has 2 unspecified atom stereocenters. The molecule has 1 aromatic rings. The van der Waals surface area contributed by atoms with Crippen LogP contribution in [0.4, 0.5) is 0 Å². The van der Waals surface area contributed by atoms with Crippen LogP contribution >= 0.6 is 11.6 Å². The smallest absolute Gasteiger partial charge is 0.123 e. The topological polar surface area (TPSA) is 9.23 Å². The maximum atomic E-state index is 6.61. The zero-order valence-corrected chi connectivity index (χ0v) is 12.7. The highest BCUT2D eigenvalue weighted by atomic mass is 35.5. The fraction of sp³-hybridized carbons (Fsp3) is 0.625. The fourth-order valence-electron chi connectivity index (χ4n) is 2.35. The predicted molar refractivity (Wildman–Crippen MR) is 77.6 cm³/mol. The molecule has 0 fully saturated rings. The van der Waals surface area contributed by atoms with Crippen molar-refractivity contribution in [3.05, 3.63) is 29.3 Å². The number of halogens is 1. The van der Waals surface area contributed by atoms with Crippen molar-refractivity contribution >= 4 is 11.6 Å². The van der Waals surface area contributed by atoms with Gasteiger partial charge in [-0.15, -0.1) is 11.6 Å². The second kappa shape index (κ2) is 4.77. The summed E-state index contributed by atoms with van der Waals surface area (Å²) < 4.78 is 5.71. The van der Waals surface area contributed by atoms with Gasteiger partial charge >= 0.3 is 0 Å². The van der Waals surface area contributed by atoms with Gasteiger partial charge in [-0.05, 0) is 29.5 Å². The van der Waals surface area contributed by atoms with Gasteiger partial charge in [-0.2, -0.15) is 0 Å². The maximum Gasteiger partial charge on any atom is 0.123 e. The molecule has 1 aliphatic rings. The first-order valence-electron chi connectivity index (χ1n) is 6.74. The summed E-state index contributed by atoms with van der Waals surface area (Å²) in [6.45, 7) is 11.9. The lowest BCUT2D eigenvalue weighted by atomic mass is 9.84. The van der Waals surface area contributed by atoms with E-state index in [1.165, 1.54) is 11.1 Å². The van der Waals surface area contributed by atoms with E-state index < -0.39 is 0 Å². The fourth-order valence-corrected chi connectivity index (χ4v) is 2.78. The molecule has 2 atom stereocenters. The third kappa shape index (κ3) is 2.38. The number of rotatable bonds is 3. The van der Waals surface area contributed by atoms with E-state index in [1.54, 1.807) is 0 Å². The average molecular weight is 267 g/mol. The van der Waals surface area contributed by atoms with Gasteiger partial charge in [0.2, 0.25) is 0 Å². The van der Waals surface area contributed by atoms with Crippen molar-refractivity contribution in [1.82, 2.24) is 0 Å². The van der Waals surface area contributed by atoms with Crippen LogP contribution in [0.5, 0.6) is 5.75 Å². The summed E-state index contributed by atoms with van der Waals surface area (Å²) in [4.78, 5) is 0. The van der Waals surface area contributed by atoms with Crippen LogP contribution in [0.1, 0.15) is 51.1 Å². The van der Waals surface area contributed by atoms with Crippen LogP contribution in [0.2, 0.25) is 0 Å². The minimum absolute atomic E-state index is 0.0756. The number of fused-ring (bicyclic) bond motifs is 1. The molecule has 0 saturated heterocycles. The summed E-state index contributed by atoms with van der Waals surface area (Å²) in [5, 5.41) is 0.0756. The largest absolute Gasteiger partial charge is 0.492 e. The highest BCUT2D eigenvalue weighted by molar-refractivity contribution is 6.21. The van der Waals surface area contributed by atoms with Crippen molar-refractivity contribution in [2.75, 3.05) is 6.61 Å². The molecule has 0 spiro atoms. The first kappa shape index (κ1) is 13.7. The van der Waals surface area contributed by atoms with E-state index in [9.17, 15) is 0 Å². The molecule has 1 nitrogen and oxygen atoms in total. The molecule has 2 heteroatoms. The van der Waals surface area contributed by atoms with Crippen LogP contribution < -0.4 is 4.74 Å². The van der Waals surface area contributed by atoms with Crippen LogP contribution in [-0.2, 0) is 5.41 Å². The van der Waals surface area contributed by atoms with E-state index in [2.05, 4.69) is 52.8 Å². The molecule has 18 heavy (non-hydrogen) atoms. The lowest BCUT2D eigenvalue weighted by Crippen LogP contribution is -2.18. The molecule has 0 N–H and O–H groups in total. The maximum absolute atomic E-state index is 6.61. The highest BCUT2D eigenvalue weighted by Crippen LogP contribution is 2.42. The third-order valence-electron chi connectivity index (χ3n) is 4.15. The quantitative estimate of drug-likeness (QED) is 0.705. The molecule has 0 amide bonds. The molecule has 1 aromatic carbocycles. The van der Waals surface area contributed by atoms with Gasteiger partial charge in [0, 0.05) is 11.0 Å². The van der Waals surface area contributed by atoms with Crippen molar-refractivity contribution in [3.8, 4) is 5.75 Å². The van der Waals surface area contributed by atoms with Crippen LogP contribution in [0, 0.1) is 11.8 Å². The molecule has 1 heterocycles. The SMILES string of the molecule is CC(C)C(C)C(Cl)c1ccc2c(c1)C(C)(C)CO2. The average Bonchev–Trinajstić information content (AvgIpc) is 2.63. The molecule has 2 rings (SSSR count). The Morgan fingerprint density at radius 2 is 1.89 bits per heavy atom. The van der Waals surface area contributed by atoms with E-state index >= 15 is 0 Å². The zero-order chi connectivity index (χ0) is 13.5. The summed E-state index contributed by atoms with van der Waals surface area (Å²) in [6, 6.07) is 6.41. The Labute approximate surface area is 115 Å². The minimum atomic E-state index is 0.0756. The monoisotopic (exact) mass is 266 g/mol. The lowest BCUT2D eigenvalue weighted by molar-refractivity contribution is 0.291. The standard InChI is InChI=1S/C16H23ClO/c1-10(2)11(3)15(17)12-6-7-14-13(8-12)16(4,5)9-18-14/h6-8,10-11,15H,9H2,1-5H3. The number of ether oxygens (including phenoxy) is 1. The molecule has 1 aliphatic heterocycles. The van der Waals surface area contributed by atoms with E-state index in [4.69, 9.17) is 16.3 Å². The van der Waals surface area contributed by atoms with Gasteiger partial charge in [0.05, 0.1) is 12.0 Å². The predicted octanol–water partition coefficient (Wildman–Crippen LogP) is 4.93. The molecular formula is C16H23ClO. The first-order valence-corrected chi connectivity index (χ1v) is 7.18. The molecule has 0 bridgehead atoms. The summed E-state index contributed by atoms with van der Waals surface area (Å²) in [5.74, 6) is 2.07. The summed E-state index contributed by atoms with van der Waals surface area (Å²) >= 11 is 6.61. The summed E-state index contributed by atoms with van der Waals surface area (Å²) in [5.41, 5.74) is 2.61. The van der Waals surface area contributed by atoms with Gasteiger partial charge < -0.3 is 4.74 Å². The molecular weight excluding hydrogens is 244 g/mol. The Kier molecular flexibility index (Phi) is 3.64. The second-order valence-electron chi connectivity index (χ2n) is 6.43. The van der Waals surface area contributed by atoms with Crippen molar-refractivity contribution in [2.24, 2.45) is 11.8 Å². The lowest BCUT2D eigenvalue weighted by Gasteiger charge is -2.23. The van der Waals surface area contributed by atoms with Gasteiger partial charge in [0.15, 0.2) is 0 Å². The van der Waals surface area contributed by atoms with Crippen molar-refractivity contribution in [1.29, 1.82) is 0 Å². The van der Waals surface area contributed by atoms with Gasteiger partial charge in [-0.1, -0.05) is 40.7 Å². The highest BCUT2D eigenvalue weighted by Gasteiger charge is 2.32. The molecule has 0 aliphatic carbocycles. The van der Waals surface area contributed by atoms with Crippen LogP contribution in [0.15, 0.2) is 18.2 Å². The van der Waals surface area contributed by atoms with Gasteiger partial charge in [0.1, 0.15) is 5.75 Å². The normalized spacial score (nSPS) is 20.4. The Morgan fingerprint density at radius 3 is 2.50 bits per heavy atom. The van der Waals surface area contributed by atoms with Crippen molar-refractivity contribution < 1.29 is 4.74 Å². The van der Waals surface area contributed by atoms with Gasteiger partial charge in [-0.3, -0.25) is 0 Å². The molecule has 0 aromatic heterocycles.